The molecular formula is C17H28ClN3O. The van der Waals surface area contributed by atoms with Crippen LogP contribution in [0.1, 0.15) is 32.3 Å². The van der Waals surface area contributed by atoms with E-state index in [1.54, 1.807) is 0 Å². The summed E-state index contributed by atoms with van der Waals surface area (Å²) in [6, 6.07) is 8.56. The second kappa shape index (κ2) is 8.39. The lowest BCUT2D eigenvalue weighted by atomic mass is 10.0. The van der Waals surface area contributed by atoms with Crippen LogP contribution < -0.4 is 5.73 Å². The highest BCUT2D eigenvalue weighted by Gasteiger charge is 2.26. The summed E-state index contributed by atoms with van der Waals surface area (Å²) < 4.78 is 0. The number of nitrogen functional groups attached to an aromatic ring is 1. The van der Waals surface area contributed by atoms with Crippen molar-refractivity contribution in [2.45, 2.75) is 45.2 Å². The fourth-order valence-electron chi connectivity index (χ4n) is 3.00. The normalized spacial score (nSPS) is 16.4. The minimum Gasteiger partial charge on any atom is -0.399 e. The van der Waals surface area contributed by atoms with Crippen LogP contribution in [0.15, 0.2) is 24.3 Å². The number of anilines is 1. The van der Waals surface area contributed by atoms with Crippen molar-refractivity contribution in [3.8, 4) is 0 Å². The molecule has 0 unspecified atom stereocenters. The molecule has 1 heterocycles. The van der Waals surface area contributed by atoms with E-state index >= 15 is 0 Å². The predicted molar refractivity (Wildman–Crippen MR) is 94.3 cm³/mol. The number of likely N-dealkylation sites (tertiary alicyclic amines) is 1. The Hall–Kier alpha value is -1.26. The number of nitrogens with two attached hydrogens (primary N) is 1. The molecule has 1 aliphatic rings. The Bertz CT molecular complexity index is 485. The first-order valence-electron chi connectivity index (χ1n) is 7.81. The maximum absolute atomic E-state index is 12.4. The van der Waals surface area contributed by atoms with Crippen molar-refractivity contribution in [1.82, 2.24) is 9.80 Å². The first-order chi connectivity index (χ1) is 9.97. The van der Waals surface area contributed by atoms with E-state index in [0.29, 0.717) is 24.2 Å². The van der Waals surface area contributed by atoms with Crippen molar-refractivity contribution < 1.29 is 4.79 Å². The van der Waals surface area contributed by atoms with Crippen molar-refractivity contribution in [2.75, 3.05) is 25.9 Å². The molecular weight excluding hydrogens is 298 g/mol. The predicted octanol–water partition coefficient (Wildman–Crippen LogP) is 2.56. The third kappa shape index (κ3) is 4.89. The summed E-state index contributed by atoms with van der Waals surface area (Å²) in [5, 5.41) is 0. The van der Waals surface area contributed by atoms with Crippen LogP contribution in [0.25, 0.3) is 0 Å². The molecule has 5 heteroatoms. The van der Waals surface area contributed by atoms with E-state index < -0.39 is 0 Å². The molecule has 0 bridgehead atoms. The van der Waals surface area contributed by atoms with Crippen LogP contribution in [0.2, 0.25) is 0 Å². The van der Waals surface area contributed by atoms with Gasteiger partial charge in [0.25, 0.3) is 0 Å². The first kappa shape index (κ1) is 18.8. The van der Waals surface area contributed by atoms with Crippen molar-refractivity contribution in [3.05, 3.63) is 29.8 Å². The lowest BCUT2D eigenvalue weighted by molar-refractivity contribution is -0.132. The number of benzene rings is 1. The Labute approximate surface area is 140 Å². The van der Waals surface area contributed by atoms with E-state index in [9.17, 15) is 4.79 Å². The first-order valence-corrected chi connectivity index (χ1v) is 7.81. The number of nitrogens with zero attached hydrogens (tertiary/aromatic N) is 2. The van der Waals surface area contributed by atoms with E-state index in [4.69, 9.17) is 5.73 Å². The molecule has 1 saturated heterocycles. The standard InChI is InChI=1S/C17H27N3O.ClH/c1-13(2)20-9-7-16(8-10-20)19(3)17(21)12-14-5-4-6-15(18)11-14;/h4-6,11,13,16H,7-10,12,18H2,1-3H3;1H. The van der Waals surface area contributed by atoms with E-state index in [0.717, 1.165) is 31.5 Å². The summed E-state index contributed by atoms with van der Waals surface area (Å²) >= 11 is 0. The number of carbonyl (C=O) groups is 1. The Kier molecular flexibility index (Phi) is 7.17. The Morgan fingerprint density at radius 1 is 1.36 bits per heavy atom. The zero-order valence-corrected chi connectivity index (χ0v) is 14.6. The zero-order valence-electron chi connectivity index (χ0n) is 13.8. The number of hydrogen-bond acceptors (Lipinski definition) is 3. The van der Waals surface area contributed by atoms with E-state index in [2.05, 4.69) is 18.7 Å². The number of carbonyl (C=O) groups excluding carboxylic acids is 1. The number of halogens is 1. The molecule has 0 radical (unpaired) electrons. The average molecular weight is 326 g/mol. The molecule has 0 spiro atoms. The van der Waals surface area contributed by atoms with Gasteiger partial charge in [-0.1, -0.05) is 12.1 Å². The smallest absolute Gasteiger partial charge is 0.226 e. The number of rotatable bonds is 4. The molecule has 1 amide bonds. The molecule has 0 saturated carbocycles. The molecule has 2 rings (SSSR count). The summed E-state index contributed by atoms with van der Waals surface area (Å²) in [4.78, 5) is 16.8. The van der Waals surface area contributed by atoms with Crippen LogP contribution >= 0.6 is 12.4 Å². The lowest BCUT2D eigenvalue weighted by Gasteiger charge is -2.38. The molecule has 2 N–H and O–H groups in total. The number of hydrogen-bond donors (Lipinski definition) is 1. The van der Waals surface area contributed by atoms with Crippen LogP contribution in [0.4, 0.5) is 5.69 Å². The molecule has 124 valence electrons. The summed E-state index contributed by atoms with van der Waals surface area (Å²) in [7, 11) is 1.93. The van der Waals surface area contributed by atoms with Gasteiger partial charge in [-0.15, -0.1) is 12.4 Å². The van der Waals surface area contributed by atoms with Crippen LogP contribution in [0.5, 0.6) is 0 Å². The van der Waals surface area contributed by atoms with E-state index in [1.165, 1.54) is 0 Å². The topological polar surface area (TPSA) is 49.6 Å². The number of amides is 1. The van der Waals surface area contributed by atoms with E-state index in [-0.39, 0.29) is 18.3 Å². The van der Waals surface area contributed by atoms with Gasteiger partial charge in [-0.25, -0.2) is 0 Å². The second-order valence-electron chi connectivity index (χ2n) is 6.29. The molecule has 1 aromatic carbocycles. The van der Waals surface area contributed by atoms with Crippen molar-refractivity contribution in [3.63, 3.8) is 0 Å². The minimum absolute atomic E-state index is 0. The SMILES string of the molecule is CC(C)N1CCC(N(C)C(=O)Cc2cccc(N)c2)CC1.Cl. The van der Waals surface area contributed by atoms with Gasteiger partial charge in [0, 0.05) is 37.9 Å². The summed E-state index contributed by atoms with van der Waals surface area (Å²) in [6.07, 6.45) is 2.57. The summed E-state index contributed by atoms with van der Waals surface area (Å²) in [5.74, 6) is 0.184. The monoisotopic (exact) mass is 325 g/mol. The second-order valence-corrected chi connectivity index (χ2v) is 6.29. The highest BCUT2D eigenvalue weighted by Crippen LogP contribution is 2.18. The maximum Gasteiger partial charge on any atom is 0.226 e. The Morgan fingerprint density at radius 2 is 2.00 bits per heavy atom. The van der Waals surface area contributed by atoms with Crippen LogP contribution in [0.3, 0.4) is 0 Å². The van der Waals surface area contributed by atoms with Gasteiger partial charge in [-0.3, -0.25) is 4.79 Å². The van der Waals surface area contributed by atoms with Gasteiger partial charge in [0.2, 0.25) is 5.91 Å². The van der Waals surface area contributed by atoms with Gasteiger partial charge in [0.15, 0.2) is 0 Å². The quantitative estimate of drug-likeness (QED) is 0.866. The fourth-order valence-corrected chi connectivity index (χ4v) is 3.00. The van der Waals surface area contributed by atoms with Crippen LogP contribution in [-0.2, 0) is 11.2 Å². The Balaban J connectivity index is 0.00000242. The van der Waals surface area contributed by atoms with E-state index in [1.807, 2.05) is 36.2 Å². The Morgan fingerprint density at radius 3 is 2.55 bits per heavy atom. The molecule has 1 fully saturated rings. The molecule has 1 aliphatic heterocycles. The van der Waals surface area contributed by atoms with Crippen LogP contribution in [0, 0.1) is 0 Å². The van der Waals surface area contributed by atoms with Gasteiger partial charge in [-0.05, 0) is 44.4 Å². The maximum atomic E-state index is 12.4. The van der Waals surface area contributed by atoms with Crippen LogP contribution in [-0.4, -0.2) is 47.9 Å². The highest BCUT2D eigenvalue weighted by atomic mass is 35.5. The molecule has 1 aromatic rings. The molecule has 4 nitrogen and oxygen atoms in total. The van der Waals surface area contributed by atoms with Crippen molar-refractivity contribution in [2.24, 2.45) is 0 Å². The lowest BCUT2D eigenvalue weighted by Crippen LogP contribution is -2.47. The summed E-state index contributed by atoms with van der Waals surface area (Å²) in [6.45, 7) is 6.63. The van der Waals surface area contributed by atoms with Gasteiger partial charge in [-0.2, -0.15) is 0 Å². The van der Waals surface area contributed by atoms with Crippen molar-refractivity contribution in [1.29, 1.82) is 0 Å². The van der Waals surface area contributed by atoms with Gasteiger partial charge in [0.1, 0.15) is 0 Å². The molecule has 22 heavy (non-hydrogen) atoms. The molecule has 0 aromatic heterocycles. The molecule has 0 atom stereocenters. The zero-order chi connectivity index (χ0) is 15.4. The largest absolute Gasteiger partial charge is 0.399 e. The van der Waals surface area contributed by atoms with Gasteiger partial charge < -0.3 is 15.5 Å². The molecule has 0 aliphatic carbocycles. The average Bonchev–Trinajstić information content (AvgIpc) is 2.46. The number of likely N-dealkylation sites (N-methyl/N-ethyl adjacent to an activating group) is 1. The third-order valence-corrected chi connectivity index (χ3v) is 4.48. The third-order valence-electron chi connectivity index (χ3n) is 4.48. The van der Waals surface area contributed by atoms with Gasteiger partial charge in [0.05, 0.1) is 6.42 Å². The fraction of sp³-hybridized carbons (Fsp3) is 0.588. The highest BCUT2D eigenvalue weighted by molar-refractivity contribution is 5.85. The van der Waals surface area contributed by atoms with Gasteiger partial charge >= 0.3 is 0 Å². The number of piperidine rings is 1. The summed E-state index contributed by atoms with van der Waals surface area (Å²) in [5.41, 5.74) is 7.47. The minimum atomic E-state index is 0. The van der Waals surface area contributed by atoms with Crippen molar-refractivity contribution >= 4 is 24.0 Å².